The molecule has 1 aliphatic rings. The van der Waals surface area contributed by atoms with Gasteiger partial charge in [0, 0.05) is 11.0 Å². The van der Waals surface area contributed by atoms with Crippen LogP contribution in [0.5, 0.6) is 0 Å². The Bertz CT molecular complexity index is 327. The zero-order valence-electron chi connectivity index (χ0n) is 7.49. The van der Waals surface area contributed by atoms with Crippen molar-refractivity contribution in [2.45, 2.75) is 12.8 Å². The molecule has 1 nitrogen and oxygen atoms in total. The van der Waals surface area contributed by atoms with E-state index in [4.69, 9.17) is 23.2 Å². The summed E-state index contributed by atoms with van der Waals surface area (Å²) in [5.41, 5.74) is 0.850. The summed E-state index contributed by atoms with van der Waals surface area (Å²) >= 11 is 15.5. The molecule has 0 saturated heterocycles. The molecule has 0 spiro atoms. The molecule has 76 valence electrons. The highest BCUT2D eigenvalue weighted by atomic mass is 79.9. The van der Waals surface area contributed by atoms with E-state index in [1.54, 1.807) is 0 Å². The van der Waals surface area contributed by atoms with Crippen molar-refractivity contribution in [2.24, 2.45) is 5.92 Å². The van der Waals surface area contributed by atoms with Crippen LogP contribution in [0.25, 0.3) is 0 Å². The Morgan fingerprint density at radius 3 is 2.36 bits per heavy atom. The molecule has 1 saturated carbocycles. The summed E-state index contributed by atoms with van der Waals surface area (Å²) in [6.07, 6.45) is 2.64. The van der Waals surface area contributed by atoms with E-state index in [0.29, 0.717) is 10.0 Å². The van der Waals surface area contributed by atoms with Gasteiger partial charge in [-0.2, -0.15) is 0 Å². The van der Waals surface area contributed by atoms with Gasteiger partial charge in [-0.25, -0.2) is 0 Å². The highest BCUT2D eigenvalue weighted by Crippen LogP contribution is 2.35. The lowest BCUT2D eigenvalue weighted by molar-refractivity contribution is 0.889. The minimum atomic E-state index is 0.671. The van der Waals surface area contributed by atoms with Crippen molar-refractivity contribution in [3.63, 3.8) is 0 Å². The van der Waals surface area contributed by atoms with E-state index in [0.717, 1.165) is 22.6 Å². The first-order chi connectivity index (χ1) is 6.66. The lowest BCUT2D eigenvalue weighted by Crippen LogP contribution is -2.04. The number of nitrogens with one attached hydrogen (secondary N) is 1. The van der Waals surface area contributed by atoms with Crippen LogP contribution in [0.15, 0.2) is 16.6 Å². The van der Waals surface area contributed by atoms with Gasteiger partial charge in [-0.1, -0.05) is 39.1 Å². The van der Waals surface area contributed by atoms with Crippen LogP contribution in [0.2, 0.25) is 10.0 Å². The van der Waals surface area contributed by atoms with E-state index in [-0.39, 0.29) is 0 Å². The maximum Gasteiger partial charge on any atom is 0.0719 e. The predicted octanol–water partition coefficient (Wildman–Crippen LogP) is 4.58. The number of halogens is 3. The standard InChI is InChI=1S/C10H10BrCl2N/c11-7-3-8(12)10(9(13)4-7)14-5-6-1-2-6/h3-4,6,14H,1-2,5H2. The first-order valence-corrected chi connectivity index (χ1v) is 6.10. The molecule has 1 aromatic rings. The second kappa shape index (κ2) is 4.30. The molecule has 0 unspecified atom stereocenters. The first-order valence-electron chi connectivity index (χ1n) is 4.55. The van der Waals surface area contributed by atoms with Crippen LogP contribution in [0.3, 0.4) is 0 Å². The quantitative estimate of drug-likeness (QED) is 0.860. The molecule has 14 heavy (non-hydrogen) atoms. The van der Waals surface area contributed by atoms with Crippen molar-refractivity contribution in [1.29, 1.82) is 0 Å². The van der Waals surface area contributed by atoms with Gasteiger partial charge in [0.1, 0.15) is 0 Å². The van der Waals surface area contributed by atoms with Gasteiger partial charge >= 0.3 is 0 Å². The molecule has 1 fully saturated rings. The van der Waals surface area contributed by atoms with Crippen molar-refractivity contribution in [1.82, 2.24) is 0 Å². The Labute approximate surface area is 102 Å². The van der Waals surface area contributed by atoms with Crippen LogP contribution in [-0.4, -0.2) is 6.54 Å². The number of benzene rings is 1. The largest absolute Gasteiger partial charge is 0.382 e. The van der Waals surface area contributed by atoms with Gasteiger partial charge in [-0.15, -0.1) is 0 Å². The van der Waals surface area contributed by atoms with E-state index in [9.17, 15) is 0 Å². The van der Waals surface area contributed by atoms with Crippen LogP contribution >= 0.6 is 39.1 Å². The molecule has 0 radical (unpaired) electrons. The number of anilines is 1. The summed E-state index contributed by atoms with van der Waals surface area (Å²) in [6, 6.07) is 3.70. The van der Waals surface area contributed by atoms with Crippen molar-refractivity contribution in [3.05, 3.63) is 26.7 Å². The predicted molar refractivity (Wildman–Crippen MR) is 65.4 cm³/mol. The minimum absolute atomic E-state index is 0.671. The zero-order valence-corrected chi connectivity index (χ0v) is 10.6. The highest BCUT2D eigenvalue weighted by Gasteiger charge is 2.21. The Hall–Kier alpha value is 0.0800. The maximum absolute atomic E-state index is 6.06. The van der Waals surface area contributed by atoms with Crippen molar-refractivity contribution >= 4 is 44.8 Å². The third kappa shape index (κ3) is 2.56. The van der Waals surface area contributed by atoms with Gasteiger partial charge in [0.05, 0.1) is 15.7 Å². The average Bonchev–Trinajstić information content (AvgIpc) is 2.85. The topological polar surface area (TPSA) is 12.0 Å². The molecule has 0 aromatic heterocycles. The van der Waals surface area contributed by atoms with Crippen LogP contribution in [0, 0.1) is 5.92 Å². The molecular weight excluding hydrogens is 285 g/mol. The number of rotatable bonds is 3. The van der Waals surface area contributed by atoms with E-state index in [1.165, 1.54) is 12.8 Å². The minimum Gasteiger partial charge on any atom is -0.382 e. The zero-order chi connectivity index (χ0) is 10.1. The molecule has 0 heterocycles. The Morgan fingerprint density at radius 1 is 1.29 bits per heavy atom. The lowest BCUT2D eigenvalue weighted by atomic mass is 10.3. The summed E-state index contributed by atoms with van der Waals surface area (Å²) in [4.78, 5) is 0. The summed E-state index contributed by atoms with van der Waals surface area (Å²) in [6.45, 7) is 0.973. The molecule has 0 atom stereocenters. The average molecular weight is 295 g/mol. The molecule has 0 bridgehead atoms. The molecule has 1 aromatic carbocycles. The SMILES string of the molecule is Clc1cc(Br)cc(Cl)c1NCC1CC1. The third-order valence-electron chi connectivity index (χ3n) is 2.27. The number of hydrogen-bond donors (Lipinski definition) is 1. The van der Waals surface area contributed by atoms with Crippen molar-refractivity contribution in [3.8, 4) is 0 Å². The number of hydrogen-bond acceptors (Lipinski definition) is 1. The molecule has 2 rings (SSSR count). The monoisotopic (exact) mass is 293 g/mol. The van der Waals surface area contributed by atoms with Crippen LogP contribution in [0.4, 0.5) is 5.69 Å². The van der Waals surface area contributed by atoms with E-state index < -0.39 is 0 Å². The Kier molecular flexibility index (Phi) is 3.25. The molecule has 0 aliphatic heterocycles. The van der Waals surface area contributed by atoms with Crippen LogP contribution in [-0.2, 0) is 0 Å². The van der Waals surface area contributed by atoms with E-state index >= 15 is 0 Å². The fourth-order valence-electron chi connectivity index (χ4n) is 1.28. The molecule has 1 N–H and O–H groups in total. The second-order valence-corrected chi connectivity index (χ2v) is 5.30. The summed E-state index contributed by atoms with van der Waals surface area (Å²) in [5.74, 6) is 0.811. The first kappa shape index (κ1) is 10.6. The van der Waals surface area contributed by atoms with Crippen LogP contribution < -0.4 is 5.32 Å². The lowest BCUT2D eigenvalue weighted by Gasteiger charge is -2.10. The summed E-state index contributed by atoms with van der Waals surface area (Å²) in [5, 5.41) is 4.63. The highest BCUT2D eigenvalue weighted by molar-refractivity contribution is 9.10. The van der Waals surface area contributed by atoms with Gasteiger partial charge in [0.25, 0.3) is 0 Å². The van der Waals surface area contributed by atoms with Gasteiger partial charge in [0.2, 0.25) is 0 Å². The van der Waals surface area contributed by atoms with E-state index in [1.807, 2.05) is 12.1 Å². The molecule has 4 heteroatoms. The van der Waals surface area contributed by atoms with Gasteiger partial charge < -0.3 is 5.32 Å². The van der Waals surface area contributed by atoms with Gasteiger partial charge in [-0.3, -0.25) is 0 Å². The van der Waals surface area contributed by atoms with Gasteiger partial charge in [0.15, 0.2) is 0 Å². The summed E-state index contributed by atoms with van der Waals surface area (Å²) < 4.78 is 0.907. The van der Waals surface area contributed by atoms with Crippen molar-refractivity contribution < 1.29 is 0 Å². The normalized spacial score (nSPS) is 15.6. The van der Waals surface area contributed by atoms with Crippen molar-refractivity contribution in [2.75, 3.05) is 11.9 Å². The maximum atomic E-state index is 6.06. The second-order valence-electron chi connectivity index (χ2n) is 3.57. The van der Waals surface area contributed by atoms with Gasteiger partial charge in [-0.05, 0) is 30.9 Å². The molecule has 0 amide bonds. The Morgan fingerprint density at radius 2 is 1.86 bits per heavy atom. The third-order valence-corrected chi connectivity index (χ3v) is 3.33. The Balaban J connectivity index is 2.13. The fraction of sp³-hybridized carbons (Fsp3) is 0.400. The van der Waals surface area contributed by atoms with E-state index in [2.05, 4.69) is 21.2 Å². The smallest absolute Gasteiger partial charge is 0.0719 e. The summed E-state index contributed by atoms with van der Waals surface area (Å²) in [7, 11) is 0. The molecular formula is C10H10BrCl2N. The molecule has 1 aliphatic carbocycles. The fourth-order valence-corrected chi connectivity index (χ4v) is 2.62. The van der Waals surface area contributed by atoms with Crippen LogP contribution in [0.1, 0.15) is 12.8 Å².